The molecule has 0 aliphatic rings. The first-order valence-electron chi connectivity index (χ1n) is 6.26. The Kier molecular flexibility index (Phi) is 5.69. The number of nitrogens with one attached hydrogen (secondary N) is 1. The van der Waals surface area contributed by atoms with Gasteiger partial charge in [-0.3, -0.25) is 9.59 Å². The lowest BCUT2D eigenvalue weighted by Gasteiger charge is -2.12. The maximum absolute atomic E-state index is 12.0. The van der Waals surface area contributed by atoms with Crippen molar-refractivity contribution < 1.29 is 19.5 Å². The molecule has 0 saturated carbocycles. The van der Waals surface area contributed by atoms with Crippen molar-refractivity contribution in [1.82, 2.24) is 5.32 Å². The van der Waals surface area contributed by atoms with Gasteiger partial charge in [-0.05, 0) is 31.4 Å². The molecule has 0 spiro atoms. The van der Waals surface area contributed by atoms with Crippen LogP contribution in [-0.2, 0) is 16.0 Å². The first kappa shape index (κ1) is 16.2. The first-order valence-corrected chi connectivity index (χ1v) is 7.08. The molecular weight excluding hydrogens is 280 g/mol. The summed E-state index contributed by atoms with van der Waals surface area (Å²) in [6, 6.07) is 0.657. The fourth-order valence-electron chi connectivity index (χ4n) is 1.76. The number of thiophene rings is 1. The molecule has 1 rings (SSSR count). The first-order chi connectivity index (χ1) is 9.35. The van der Waals surface area contributed by atoms with E-state index in [4.69, 9.17) is 10.8 Å². The van der Waals surface area contributed by atoms with Crippen LogP contribution >= 0.6 is 11.3 Å². The number of hydrogen-bond acceptors (Lipinski definition) is 4. The average molecular weight is 298 g/mol. The highest BCUT2D eigenvalue weighted by Gasteiger charge is 2.22. The normalized spacial score (nSPS) is 11.9. The molecular formula is C13H18N2O4S. The Hall–Kier alpha value is -1.89. The van der Waals surface area contributed by atoms with E-state index in [9.17, 15) is 14.4 Å². The van der Waals surface area contributed by atoms with E-state index in [1.165, 1.54) is 11.3 Å². The summed E-state index contributed by atoms with van der Waals surface area (Å²) in [6.45, 7) is 3.91. The monoisotopic (exact) mass is 298 g/mol. The zero-order valence-corrected chi connectivity index (χ0v) is 12.3. The van der Waals surface area contributed by atoms with Gasteiger partial charge in [0.2, 0.25) is 5.91 Å². The second kappa shape index (κ2) is 7.04. The van der Waals surface area contributed by atoms with Gasteiger partial charge in [0.25, 0.3) is 5.91 Å². The minimum atomic E-state index is -1.18. The Morgan fingerprint density at radius 3 is 2.55 bits per heavy atom. The summed E-state index contributed by atoms with van der Waals surface area (Å²) < 4.78 is 0. The molecule has 7 heteroatoms. The van der Waals surface area contributed by atoms with Gasteiger partial charge in [-0.15, -0.1) is 11.3 Å². The van der Waals surface area contributed by atoms with Crippen LogP contribution in [-0.4, -0.2) is 28.9 Å². The minimum Gasteiger partial charge on any atom is -0.480 e. The second-order valence-corrected chi connectivity index (χ2v) is 5.67. The molecule has 0 fully saturated rings. The van der Waals surface area contributed by atoms with Crippen molar-refractivity contribution in [3.8, 4) is 0 Å². The summed E-state index contributed by atoms with van der Waals surface area (Å²) in [4.78, 5) is 35.3. The SMILES string of the molecule is CCc1cc(C(=O)N[C@H](CCC(N)=O)C(=O)O)sc1C. The highest BCUT2D eigenvalue weighted by Crippen LogP contribution is 2.22. The minimum absolute atomic E-state index is 0.0125. The number of aryl methyl sites for hydroxylation is 2. The van der Waals surface area contributed by atoms with Crippen molar-refractivity contribution in [2.75, 3.05) is 0 Å². The number of hydrogen-bond donors (Lipinski definition) is 3. The molecule has 6 nitrogen and oxygen atoms in total. The van der Waals surface area contributed by atoms with Gasteiger partial charge in [0.15, 0.2) is 0 Å². The third-order valence-corrected chi connectivity index (χ3v) is 4.00. The van der Waals surface area contributed by atoms with Crippen LogP contribution in [0.1, 0.15) is 39.9 Å². The summed E-state index contributed by atoms with van der Waals surface area (Å²) in [5.74, 6) is -2.20. The van der Waals surface area contributed by atoms with Gasteiger partial charge in [-0.1, -0.05) is 6.92 Å². The number of rotatable bonds is 7. The zero-order valence-electron chi connectivity index (χ0n) is 11.4. The van der Waals surface area contributed by atoms with Gasteiger partial charge in [-0.2, -0.15) is 0 Å². The number of carbonyl (C=O) groups is 3. The van der Waals surface area contributed by atoms with E-state index in [0.717, 1.165) is 16.9 Å². The predicted octanol–water partition coefficient (Wildman–Crippen LogP) is 1.07. The van der Waals surface area contributed by atoms with Crippen LogP contribution in [0.25, 0.3) is 0 Å². The number of carboxylic acids is 1. The molecule has 0 aliphatic heterocycles. The van der Waals surface area contributed by atoms with Crippen LogP contribution in [0.5, 0.6) is 0 Å². The van der Waals surface area contributed by atoms with Gasteiger partial charge >= 0.3 is 5.97 Å². The molecule has 0 radical (unpaired) electrons. The predicted molar refractivity (Wildman–Crippen MR) is 75.8 cm³/mol. The maximum atomic E-state index is 12.0. The van der Waals surface area contributed by atoms with Crippen LogP contribution < -0.4 is 11.1 Å². The molecule has 1 heterocycles. The number of aliphatic carboxylic acids is 1. The summed E-state index contributed by atoms with van der Waals surface area (Å²) in [5.41, 5.74) is 6.05. The van der Waals surface area contributed by atoms with Crippen molar-refractivity contribution in [2.45, 2.75) is 39.2 Å². The van der Waals surface area contributed by atoms with E-state index in [1.807, 2.05) is 13.8 Å². The van der Waals surface area contributed by atoms with Crippen LogP contribution in [0, 0.1) is 6.92 Å². The van der Waals surface area contributed by atoms with Crippen molar-refractivity contribution in [3.63, 3.8) is 0 Å². The van der Waals surface area contributed by atoms with Crippen molar-refractivity contribution in [1.29, 1.82) is 0 Å². The Balaban J connectivity index is 2.74. The van der Waals surface area contributed by atoms with E-state index in [-0.39, 0.29) is 12.8 Å². The van der Waals surface area contributed by atoms with Crippen LogP contribution in [0.3, 0.4) is 0 Å². The molecule has 1 atom stereocenters. The number of carbonyl (C=O) groups excluding carboxylic acids is 2. The lowest BCUT2D eigenvalue weighted by atomic mass is 10.1. The molecule has 1 aromatic rings. The lowest BCUT2D eigenvalue weighted by molar-refractivity contribution is -0.139. The molecule has 0 bridgehead atoms. The van der Waals surface area contributed by atoms with Gasteiger partial charge in [-0.25, -0.2) is 4.79 Å². The number of carboxylic acid groups (broad SMARTS) is 1. The van der Waals surface area contributed by atoms with Crippen molar-refractivity contribution in [2.24, 2.45) is 5.73 Å². The smallest absolute Gasteiger partial charge is 0.326 e. The zero-order chi connectivity index (χ0) is 15.3. The molecule has 0 saturated heterocycles. The van der Waals surface area contributed by atoms with Gasteiger partial charge < -0.3 is 16.2 Å². The fraction of sp³-hybridized carbons (Fsp3) is 0.462. The van der Waals surface area contributed by atoms with Gasteiger partial charge in [0.1, 0.15) is 6.04 Å². The molecule has 0 unspecified atom stereocenters. The van der Waals surface area contributed by atoms with E-state index >= 15 is 0 Å². The number of nitrogens with two attached hydrogens (primary N) is 1. The van der Waals surface area contributed by atoms with E-state index in [2.05, 4.69) is 5.32 Å². The topological polar surface area (TPSA) is 109 Å². The van der Waals surface area contributed by atoms with Crippen LogP contribution in [0.4, 0.5) is 0 Å². The van der Waals surface area contributed by atoms with Crippen molar-refractivity contribution >= 4 is 29.1 Å². The maximum Gasteiger partial charge on any atom is 0.326 e. The quantitative estimate of drug-likeness (QED) is 0.699. The van der Waals surface area contributed by atoms with Crippen molar-refractivity contribution in [3.05, 3.63) is 21.4 Å². The second-order valence-electron chi connectivity index (χ2n) is 4.41. The van der Waals surface area contributed by atoms with E-state index < -0.39 is 23.8 Å². The summed E-state index contributed by atoms with van der Waals surface area (Å²) in [5, 5.41) is 11.4. The molecule has 4 N–H and O–H groups in total. The largest absolute Gasteiger partial charge is 0.480 e. The summed E-state index contributed by atoms with van der Waals surface area (Å²) >= 11 is 1.33. The Morgan fingerprint density at radius 2 is 2.10 bits per heavy atom. The molecule has 0 aromatic carbocycles. The van der Waals surface area contributed by atoms with Gasteiger partial charge in [0, 0.05) is 11.3 Å². The molecule has 110 valence electrons. The Labute approximate surface area is 121 Å². The Bertz CT molecular complexity index is 524. The fourth-order valence-corrected chi connectivity index (χ4v) is 2.77. The van der Waals surface area contributed by atoms with E-state index in [0.29, 0.717) is 4.88 Å². The van der Waals surface area contributed by atoms with E-state index in [1.54, 1.807) is 6.07 Å². The third-order valence-electron chi connectivity index (χ3n) is 2.91. The lowest BCUT2D eigenvalue weighted by Crippen LogP contribution is -2.41. The molecule has 1 aromatic heterocycles. The molecule has 20 heavy (non-hydrogen) atoms. The summed E-state index contributed by atoms with van der Waals surface area (Å²) in [7, 11) is 0. The highest BCUT2D eigenvalue weighted by molar-refractivity contribution is 7.14. The van der Waals surface area contributed by atoms with Crippen LogP contribution in [0.2, 0.25) is 0 Å². The number of amides is 2. The Morgan fingerprint density at radius 1 is 1.45 bits per heavy atom. The molecule has 2 amide bonds. The van der Waals surface area contributed by atoms with Gasteiger partial charge in [0.05, 0.1) is 4.88 Å². The standard InChI is InChI=1S/C13H18N2O4S/c1-3-8-6-10(20-7(8)2)12(17)15-9(13(18)19)4-5-11(14)16/h6,9H,3-5H2,1-2H3,(H2,14,16)(H,15,17)(H,18,19)/t9-/m1/s1. The summed E-state index contributed by atoms with van der Waals surface area (Å²) in [6.07, 6.45) is 0.724. The highest BCUT2D eigenvalue weighted by atomic mass is 32.1. The molecule has 0 aliphatic carbocycles. The number of primary amides is 1. The van der Waals surface area contributed by atoms with Crippen LogP contribution in [0.15, 0.2) is 6.07 Å². The average Bonchev–Trinajstić information content (AvgIpc) is 2.75. The third kappa shape index (κ3) is 4.34.